The monoisotopic (exact) mass is 226 g/mol. The number of aryl methyl sites for hydroxylation is 1. The number of nitrogens with two attached hydrogens (primary N) is 1. The van der Waals surface area contributed by atoms with Crippen LogP contribution in [0.2, 0.25) is 0 Å². The van der Waals surface area contributed by atoms with Gasteiger partial charge in [-0.15, -0.1) is 11.3 Å². The Morgan fingerprint density at radius 1 is 1.47 bits per heavy atom. The van der Waals surface area contributed by atoms with E-state index in [0.717, 1.165) is 19.5 Å². The molecule has 0 fully saturated rings. The summed E-state index contributed by atoms with van der Waals surface area (Å²) < 4.78 is 0. The molecule has 0 bridgehead atoms. The van der Waals surface area contributed by atoms with Gasteiger partial charge in [0.15, 0.2) is 0 Å². The molecular formula is C12H22N2S. The summed E-state index contributed by atoms with van der Waals surface area (Å²) in [5.41, 5.74) is 7.37. The van der Waals surface area contributed by atoms with Gasteiger partial charge >= 0.3 is 0 Å². The standard InChI is InChI=1S/C12H22N2S/c1-9(2)6-11(13)7-14-8-12-10(3)4-5-15-12/h4-5,9,11,14H,6-8,13H2,1-3H3. The van der Waals surface area contributed by atoms with Crippen LogP contribution in [-0.2, 0) is 6.54 Å². The molecule has 1 rings (SSSR count). The highest BCUT2D eigenvalue weighted by Crippen LogP contribution is 2.14. The third-order valence-corrected chi connectivity index (χ3v) is 3.46. The summed E-state index contributed by atoms with van der Waals surface area (Å²) in [6.07, 6.45) is 1.09. The van der Waals surface area contributed by atoms with E-state index in [9.17, 15) is 0 Å². The van der Waals surface area contributed by atoms with E-state index >= 15 is 0 Å². The van der Waals surface area contributed by atoms with Crippen molar-refractivity contribution < 1.29 is 0 Å². The predicted molar refractivity (Wildman–Crippen MR) is 68.2 cm³/mol. The predicted octanol–water partition coefficient (Wildman–Crippen LogP) is 2.52. The summed E-state index contributed by atoms with van der Waals surface area (Å²) >= 11 is 1.81. The van der Waals surface area contributed by atoms with Crippen molar-refractivity contribution in [1.29, 1.82) is 0 Å². The second-order valence-corrected chi connectivity index (χ2v) is 5.55. The second kappa shape index (κ2) is 6.26. The van der Waals surface area contributed by atoms with Crippen molar-refractivity contribution in [3.05, 3.63) is 21.9 Å². The van der Waals surface area contributed by atoms with Gasteiger partial charge in [-0.2, -0.15) is 0 Å². The molecule has 1 atom stereocenters. The highest BCUT2D eigenvalue weighted by molar-refractivity contribution is 7.10. The molecule has 0 saturated heterocycles. The minimum atomic E-state index is 0.283. The highest BCUT2D eigenvalue weighted by Gasteiger charge is 2.05. The van der Waals surface area contributed by atoms with E-state index in [1.807, 2.05) is 11.3 Å². The van der Waals surface area contributed by atoms with Crippen molar-refractivity contribution >= 4 is 11.3 Å². The van der Waals surface area contributed by atoms with Gasteiger partial charge in [-0.1, -0.05) is 13.8 Å². The molecule has 0 amide bonds. The summed E-state index contributed by atoms with van der Waals surface area (Å²) in [5, 5.41) is 5.56. The van der Waals surface area contributed by atoms with E-state index in [1.165, 1.54) is 10.4 Å². The van der Waals surface area contributed by atoms with Crippen molar-refractivity contribution in [1.82, 2.24) is 5.32 Å². The zero-order chi connectivity index (χ0) is 11.3. The minimum Gasteiger partial charge on any atom is -0.327 e. The number of thiophene rings is 1. The maximum Gasteiger partial charge on any atom is 0.0303 e. The lowest BCUT2D eigenvalue weighted by atomic mass is 10.0. The van der Waals surface area contributed by atoms with E-state index in [0.29, 0.717) is 5.92 Å². The molecule has 1 heterocycles. The first-order valence-corrected chi connectivity index (χ1v) is 6.46. The Labute approximate surface area is 96.9 Å². The van der Waals surface area contributed by atoms with Crippen LogP contribution in [0, 0.1) is 12.8 Å². The van der Waals surface area contributed by atoms with Gasteiger partial charge in [-0.05, 0) is 36.3 Å². The number of rotatable bonds is 6. The van der Waals surface area contributed by atoms with E-state index in [1.54, 1.807) is 0 Å². The molecule has 3 N–H and O–H groups in total. The van der Waals surface area contributed by atoms with Crippen LogP contribution in [0.1, 0.15) is 30.7 Å². The van der Waals surface area contributed by atoms with Crippen molar-refractivity contribution in [3.8, 4) is 0 Å². The highest BCUT2D eigenvalue weighted by atomic mass is 32.1. The summed E-state index contributed by atoms with van der Waals surface area (Å²) in [7, 11) is 0. The fourth-order valence-corrected chi connectivity index (χ4v) is 2.52. The van der Waals surface area contributed by atoms with Crippen molar-refractivity contribution in [2.24, 2.45) is 11.7 Å². The smallest absolute Gasteiger partial charge is 0.0303 e. The van der Waals surface area contributed by atoms with Gasteiger partial charge in [0.2, 0.25) is 0 Å². The maximum absolute atomic E-state index is 5.99. The van der Waals surface area contributed by atoms with E-state index in [-0.39, 0.29) is 6.04 Å². The van der Waals surface area contributed by atoms with Gasteiger partial charge < -0.3 is 11.1 Å². The first kappa shape index (κ1) is 12.7. The first-order chi connectivity index (χ1) is 7.09. The van der Waals surface area contributed by atoms with Crippen LogP contribution in [0.25, 0.3) is 0 Å². The Kier molecular flexibility index (Phi) is 5.29. The van der Waals surface area contributed by atoms with Crippen LogP contribution in [0.4, 0.5) is 0 Å². The minimum absolute atomic E-state index is 0.283. The molecule has 0 aromatic carbocycles. The molecule has 1 aromatic rings. The first-order valence-electron chi connectivity index (χ1n) is 5.59. The zero-order valence-corrected chi connectivity index (χ0v) is 10.7. The fraction of sp³-hybridized carbons (Fsp3) is 0.667. The van der Waals surface area contributed by atoms with Gasteiger partial charge in [0.25, 0.3) is 0 Å². The van der Waals surface area contributed by atoms with E-state index < -0.39 is 0 Å². The third kappa shape index (κ3) is 4.78. The molecule has 1 aromatic heterocycles. The molecular weight excluding hydrogens is 204 g/mol. The summed E-state index contributed by atoms with van der Waals surface area (Å²) in [5.74, 6) is 0.685. The zero-order valence-electron chi connectivity index (χ0n) is 9.92. The van der Waals surface area contributed by atoms with Gasteiger partial charge in [0, 0.05) is 24.0 Å². The maximum atomic E-state index is 5.99. The van der Waals surface area contributed by atoms with Crippen LogP contribution in [-0.4, -0.2) is 12.6 Å². The van der Waals surface area contributed by atoms with Gasteiger partial charge in [0.05, 0.1) is 0 Å². The number of hydrogen-bond donors (Lipinski definition) is 2. The van der Waals surface area contributed by atoms with Gasteiger partial charge in [0.1, 0.15) is 0 Å². The lowest BCUT2D eigenvalue weighted by Crippen LogP contribution is -2.34. The molecule has 0 spiro atoms. The third-order valence-electron chi connectivity index (χ3n) is 2.43. The molecule has 2 nitrogen and oxygen atoms in total. The largest absolute Gasteiger partial charge is 0.327 e. The fourth-order valence-electron chi connectivity index (χ4n) is 1.65. The van der Waals surface area contributed by atoms with Crippen LogP contribution in [0.15, 0.2) is 11.4 Å². The van der Waals surface area contributed by atoms with Gasteiger partial charge in [-0.3, -0.25) is 0 Å². The molecule has 0 aliphatic rings. The average Bonchev–Trinajstić information content (AvgIpc) is 2.50. The molecule has 86 valence electrons. The van der Waals surface area contributed by atoms with Crippen LogP contribution >= 0.6 is 11.3 Å². The SMILES string of the molecule is Cc1ccsc1CNCC(N)CC(C)C. The normalized spacial score (nSPS) is 13.4. The lowest BCUT2D eigenvalue weighted by Gasteiger charge is -2.14. The van der Waals surface area contributed by atoms with Crippen molar-refractivity contribution in [3.63, 3.8) is 0 Å². The Morgan fingerprint density at radius 3 is 2.73 bits per heavy atom. The molecule has 0 saturated carbocycles. The molecule has 0 radical (unpaired) electrons. The quantitative estimate of drug-likeness (QED) is 0.782. The number of hydrogen-bond acceptors (Lipinski definition) is 3. The van der Waals surface area contributed by atoms with E-state index in [4.69, 9.17) is 5.73 Å². The van der Waals surface area contributed by atoms with Gasteiger partial charge in [-0.25, -0.2) is 0 Å². The van der Waals surface area contributed by atoms with Crippen LogP contribution in [0.3, 0.4) is 0 Å². The van der Waals surface area contributed by atoms with Crippen LogP contribution < -0.4 is 11.1 Å². The Hall–Kier alpha value is -0.380. The average molecular weight is 226 g/mol. The van der Waals surface area contributed by atoms with E-state index in [2.05, 4.69) is 37.5 Å². The summed E-state index contributed by atoms with van der Waals surface area (Å²) in [6.45, 7) is 8.44. The molecule has 15 heavy (non-hydrogen) atoms. The van der Waals surface area contributed by atoms with Crippen LogP contribution in [0.5, 0.6) is 0 Å². The van der Waals surface area contributed by atoms with Crippen molar-refractivity contribution in [2.45, 2.75) is 39.8 Å². The molecule has 0 aliphatic carbocycles. The topological polar surface area (TPSA) is 38.0 Å². The number of nitrogens with one attached hydrogen (secondary N) is 1. The Bertz CT molecular complexity index is 281. The molecule has 0 aliphatic heterocycles. The second-order valence-electron chi connectivity index (χ2n) is 4.55. The summed E-state index contributed by atoms with van der Waals surface area (Å²) in [4.78, 5) is 1.42. The van der Waals surface area contributed by atoms with Crippen molar-refractivity contribution in [2.75, 3.05) is 6.54 Å². The lowest BCUT2D eigenvalue weighted by molar-refractivity contribution is 0.468. The molecule has 1 unspecified atom stereocenters. The Balaban J connectivity index is 2.19. The Morgan fingerprint density at radius 2 is 2.20 bits per heavy atom. The summed E-state index contributed by atoms with van der Waals surface area (Å²) in [6, 6.07) is 2.45. The molecule has 3 heteroatoms.